The highest BCUT2D eigenvalue weighted by Crippen LogP contribution is 2.38. The van der Waals surface area contributed by atoms with Gasteiger partial charge in [0.25, 0.3) is 6.43 Å². The minimum absolute atomic E-state index is 0.114. The first kappa shape index (κ1) is 31.6. The molecular formula is C37H34F2N6OSi. The van der Waals surface area contributed by atoms with E-state index in [1.54, 1.807) is 6.20 Å². The van der Waals surface area contributed by atoms with Gasteiger partial charge in [0.2, 0.25) is 5.95 Å². The molecule has 3 aromatic heterocycles. The summed E-state index contributed by atoms with van der Waals surface area (Å²) < 4.78 is 35.8. The van der Waals surface area contributed by atoms with Crippen LogP contribution >= 0.6 is 0 Å². The molecule has 0 bridgehead atoms. The lowest BCUT2D eigenvalue weighted by molar-refractivity contribution is 0.152. The van der Waals surface area contributed by atoms with Gasteiger partial charge in [0.05, 0.1) is 35.3 Å². The fourth-order valence-corrected chi connectivity index (χ4v) is 10.5. The zero-order valence-electron chi connectivity index (χ0n) is 26.5. The first-order valence-corrected chi connectivity index (χ1v) is 17.2. The molecule has 0 aliphatic rings. The van der Waals surface area contributed by atoms with Crippen molar-refractivity contribution in [1.82, 2.24) is 19.4 Å². The Labute approximate surface area is 273 Å². The van der Waals surface area contributed by atoms with E-state index >= 15 is 0 Å². The number of pyridine rings is 1. The van der Waals surface area contributed by atoms with Gasteiger partial charge in [0.1, 0.15) is 23.2 Å². The number of hydrogen-bond acceptors (Lipinski definition) is 6. The zero-order chi connectivity index (χ0) is 33.2. The number of nitrogens with zero attached hydrogens (tertiary/aromatic N) is 5. The Morgan fingerprint density at radius 3 is 2.06 bits per heavy atom. The summed E-state index contributed by atoms with van der Waals surface area (Å²) in [7, 11) is -2.78. The molecule has 0 saturated carbocycles. The van der Waals surface area contributed by atoms with Crippen molar-refractivity contribution in [3.05, 3.63) is 132 Å². The molecule has 6 rings (SSSR count). The molecule has 0 spiro atoms. The normalized spacial score (nSPS) is 12.6. The quantitative estimate of drug-likeness (QED) is 0.162. The van der Waals surface area contributed by atoms with Gasteiger partial charge < -0.3 is 9.74 Å². The smallest absolute Gasteiger partial charge is 0.319 e. The van der Waals surface area contributed by atoms with E-state index in [0.717, 1.165) is 11.3 Å². The lowest BCUT2D eigenvalue weighted by atomic mass is 10.1. The molecule has 3 heterocycles. The predicted octanol–water partition coefficient (Wildman–Crippen LogP) is 7.71. The average Bonchev–Trinajstić information content (AvgIpc) is 3.52. The molecule has 0 aliphatic carbocycles. The number of halogens is 2. The number of nitriles is 1. The third-order valence-electron chi connectivity index (χ3n) is 8.37. The molecule has 236 valence electrons. The van der Waals surface area contributed by atoms with Crippen LogP contribution in [0.2, 0.25) is 5.04 Å². The van der Waals surface area contributed by atoms with Crippen LogP contribution in [-0.4, -0.2) is 27.7 Å². The van der Waals surface area contributed by atoms with Crippen molar-refractivity contribution in [1.29, 1.82) is 5.26 Å². The Bertz CT molecular complexity index is 2000. The van der Waals surface area contributed by atoms with Gasteiger partial charge in [0.15, 0.2) is 0 Å². The first-order valence-electron chi connectivity index (χ1n) is 15.3. The summed E-state index contributed by atoms with van der Waals surface area (Å²) >= 11 is 0. The molecule has 6 aromatic rings. The van der Waals surface area contributed by atoms with E-state index in [-0.39, 0.29) is 27.9 Å². The van der Waals surface area contributed by atoms with E-state index in [0.29, 0.717) is 17.3 Å². The molecule has 0 aliphatic heterocycles. The molecule has 47 heavy (non-hydrogen) atoms. The number of hydrogen-bond donors (Lipinski definition) is 1. The van der Waals surface area contributed by atoms with E-state index in [9.17, 15) is 14.0 Å². The van der Waals surface area contributed by atoms with Crippen molar-refractivity contribution in [2.45, 2.75) is 45.2 Å². The van der Waals surface area contributed by atoms with Gasteiger partial charge >= 0.3 is 8.32 Å². The molecule has 3 aromatic carbocycles. The molecule has 0 saturated heterocycles. The van der Waals surface area contributed by atoms with Crippen molar-refractivity contribution in [3.8, 4) is 23.2 Å². The number of alkyl halides is 2. The van der Waals surface area contributed by atoms with Crippen LogP contribution < -0.4 is 20.1 Å². The molecule has 1 atom stereocenters. The number of fused-ring (bicyclic) bond motifs is 1. The second-order valence-electron chi connectivity index (χ2n) is 12.4. The molecular weight excluding hydrogens is 611 g/mol. The van der Waals surface area contributed by atoms with Crippen LogP contribution in [-0.2, 0) is 0 Å². The number of benzene rings is 3. The van der Waals surface area contributed by atoms with Crippen LogP contribution in [0.5, 0.6) is 5.75 Å². The second kappa shape index (κ2) is 12.8. The monoisotopic (exact) mass is 644 g/mol. The summed E-state index contributed by atoms with van der Waals surface area (Å²) in [5.41, 5.74) is 1.82. The molecule has 0 radical (unpaired) electrons. The molecule has 10 heteroatoms. The van der Waals surface area contributed by atoms with Crippen LogP contribution in [0.3, 0.4) is 0 Å². The van der Waals surface area contributed by atoms with Crippen LogP contribution in [0, 0.1) is 11.3 Å². The maximum atomic E-state index is 13.6. The van der Waals surface area contributed by atoms with Gasteiger partial charge in [-0.15, -0.1) is 0 Å². The van der Waals surface area contributed by atoms with E-state index in [1.165, 1.54) is 39.3 Å². The molecule has 1 unspecified atom stereocenters. The van der Waals surface area contributed by atoms with Crippen molar-refractivity contribution < 1.29 is 13.2 Å². The van der Waals surface area contributed by atoms with Gasteiger partial charge in [-0.25, -0.2) is 23.7 Å². The molecule has 7 nitrogen and oxygen atoms in total. The average molecular weight is 645 g/mol. The third kappa shape index (κ3) is 5.98. The van der Waals surface area contributed by atoms with Crippen molar-refractivity contribution >= 4 is 30.3 Å². The minimum Gasteiger partial charge on any atom is -0.534 e. The van der Waals surface area contributed by atoms with Gasteiger partial charge in [0, 0.05) is 6.20 Å². The fraction of sp³-hybridized carbons (Fsp3) is 0.189. The Morgan fingerprint density at radius 1 is 0.851 bits per heavy atom. The van der Waals surface area contributed by atoms with Crippen molar-refractivity contribution in [2.75, 3.05) is 5.32 Å². The SMILES string of the molecule is CC(Nc1ncc(C#N)c(-c2cnc3c(C(F)F)cccn23)n1)c1ccc(O[Si](c2ccccc2)(c2ccccc2)C(C)(C)C)cc1. The number of imidazole rings is 1. The highest BCUT2D eigenvalue weighted by atomic mass is 28.4. The van der Waals surface area contributed by atoms with Gasteiger partial charge in [-0.3, -0.25) is 4.40 Å². The third-order valence-corrected chi connectivity index (χ3v) is 13.3. The summed E-state index contributed by atoms with van der Waals surface area (Å²) in [4.78, 5) is 13.2. The summed E-state index contributed by atoms with van der Waals surface area (Å²) in [5, 5.41) is 15.3. The van der Waals surface area contributed by atoms with Crippen LogP contribution in [0.4, 0.5) is 14.7 Å². The summed E-state index contributed by atoms with van der Waals surface area (Å²) in [5.74, 6) is 1.07. The van der Waals surface area contributed by atoms with Crippen LogP contribution in [0.1, 0.15) is 56.9 Å². The predicted molar refractivity (Wildman–Crippen MR) is 183 cm³/mol. The molecule has 1 N–H and O–H groups in total. The lowest BCUT2D eigenvalue weighted by Gasteiger charge is -2.43. The van der Waals surface area contributed by atoms with Crippen LogP contribution in [0.15, 0.2) is 116 Å². The lowest BCUT2D eigenvalue weighted by Crippen LogP contribution is -2.68. The second-order valence-corrected chi connectivity index (χ2v) is 16.6. The Morgan fingerprint density at radius 2 is 1.49 bits per heavy atom. The summed E-state index contributed by atoms with van der Waals surface area (Å²) in [6, 6.07) is 33.8. The van der Waals surface area contributed by atoms with E-state index < -0.39 is 14.7 Å². The fourth-order valence-electron chi connectivity index (χ4n) is 6.03. The topological polar surface area (TPSA) is 88.1 Å². The van der Waals surface area contributed by atoms with Gasteiger partial charge in [-0.2, -0.15) is 5.26 Å². The molecule has 0 fully saturated rings. The summed E-state index contributed by atoms with van der Waals surface area (Å²) in [6.45, 7) is 8.73. The summed E-state index contributed by atoms with van der Waals surface area (Å²) in [6.07, 6.45) is 1.81. The maximum absolute atomic E-state index is 13.6. The maximum Gasteiger partial charge on any atom is 0.319 e. The number of nitrogens with one attached hydrogen (secondary N) is 1. The number of anilines is 1. The van der Waals surface area contributed by atoms with Gasteiger partial charge in [-0.05, 0) is 52.2 Å². The number of rotatable bonds is 9. The van der Waals surface area contributed by atoms with Crippen LogP contribution in [0.25, 0.3) is 17.0 Å². The zero-order valence-corrected chi connectivity index (χ0v) is 27.5. The van der Waals surface area contributed by atoms with Crippen molar-refractivity contribution in [2.24, 2.45) is 0 Å². The van der Waals surface area contributed by atoms with E-state index in [4.69, 9.17) is 4.43 Å². The molecule has 0 amide bonds. The Balaban J connectivity index is 1.28. The first-order chi connectivity index (χ1) is 22.6. The Kier molecular flexibility index (Phi) is 8.58. The van der Waals surface area contributed by atoms with Gasteiger partial charge in [-0.1, -0.05) is 93.6 Å². The van der Waals surface area contributed by atoms with E-state index in [2.05, 4.69) is 95.6 Å². The minimum atomic E-state index is -2.78. The standard InChI is InChI=1S/C37H34F2N6OSi/c1-25(43-36-42-23-27(22-40)33(44-36)32-24-41-35-31(34(38)39)16-11-21-45(32)35)26-17-19-28(20-18-26)46-47(37(2,3)4,29-12-7-5-8-13-29)30-14-9-6-10-15-30/h5-21,23-25,34H,1-4H3,(H,42,43,44). The van der Waals surface area contributed by atoms with Crippen molar-refractivity contribution in [3.63, 3.8) is 0 Å². The number of aromatic nitrogens is 4. The highest BCUT2D eigenvalue weighted by Gasteiger charge is 2.52. The van der Waals surface area contributed by atoms with E-state index in [1.807, 2.05) is 43.3 Å². The Hall–Kier alpha value is -5.40. The highest BCUT2D eigenvalue weighted by molar-refractivity contribution is 7.00. The largest absolute Gasteiger partial charge is 0.534 e.